The molecule has 0 atom stereocenters. The number of hydrogen-bond donors (Lipinski definition) is 0. The Labute approximate surface area is 267 Å². The Morgan fingerprint density at radius 3 is 1.44 bits per heavy atom. The van der Waals surface area contributed by atoms with Crippen LogP contribution in [0.5, 0.6) is 0 Å². The van der Waals surface area contributed by atoms with Gasteiger partial charge in [-0.25, -0.2) is 0 Å². The molecule has 7 rings (SSSR count). The van der Waals surface area contributed by atoms with Crippen LogP contribution in [-0.4, -0.2) is 0 Å². The molecule has 0 saturated heterocycles. The minimum Gasteiger partial charge on any atom is -0.309 e. The van der Waals surface area contributed by atoms with E-state index in [1.54, 1.807) is 0 Å². The molecule has 0 bridgehead atoms. The second-order valence-corrected chi connectivity index (χ2v) is 12.6. The molecule has 218 valence electrons. The normalized spacial score (nSPS) is 11.4. The molecule has 7 aromatic rings. The van der Waals surface area contributed by atoms with Gasteiger partial charge >= 0.3 is 0 Å². The fourth-order valence-electron chi connectivity index (χ4n) is 6.37. The molecule has 0 spiro atoms. The van der Waals surface area contributed by atoms with Crippen molar-refractivity contribution in [2.24, 2.45) is 0 Å². The van der Waals surface area contributed by atoms with E-state index in [0.717, 1.165) is 17.1 Å². The van der Waals surface area contributed by atoms with Crippen molar-refractivity contribution in [2.45, 2.75) is 26.2 Å². The van der Waals surface area contributed by atoms with Gasteiger partial charge in [0.2, 0.25) is 0 Å². The largest absolute Gasteiger partial charge is 0.309 e. The van der Waals surface area contributed by atoms with E-state index in [-0.39, 0.29) is 5.41 Å². The van der Waals surface area contributed by atoms with Crippen molar-refractivity contribution in [1.29, 1.82) is 0 Å². The van der Waals surface area contributed by atoms with Gasteiger partial charge in [0.05, 0.1) is 11.4 Å². The third-order valence-corrected chi connectivity index (χ3v) is 8.65. The Balaban J connectivity index is 1.51. The number of anilines is 3. The quantitative estimate of drug-likeness (QED) is 0.189. The van der Waals surface area contributed by atoms with Gasteiger partial charge in [-0.15, -0.1) is 0 Å². The molecule has 0 aromatic heterocycles. The van der Waals surface area contributed by atoms with Crippen molar-refractivity contribution >= 4 is 27.8 Å². The maximum atomic E-state index is 2.44. The van der Waals surface area contributed by atoms with Gasteiger partial charge in [0, 0.05) is 16.8 Å². The molecule has 0 saturated carbocycles. The van der Waals surface area contributed by atoms with Gasteiger partial charge in [-0.1, -0.05) is 166 Å². The first-order valence-electron chi connectivity index (χ1n) is 15.7. The van der Waals surface area contributed by atoms with Crippen molar-refractivity contribution in [3.05, 3.63) is 175 Å². The van der Waals surface area contributed by atoms with Gasteiger partial charge in [0.25, 0.3) is 0 Å². The Hall–Kier alpha value is -5.40. The highest BCUT2D eigenvalue weighted by Gasteiger charge is 2.22. The molecule has 0 heterocycles. The zero-order valence-electron chi connectivity index (χ0n) is 26.1. The predicted octanol–water partition coefficient (Wildman–Crippen LogP) is 12.6. The summed E-state index contributed by atoms with van der Waals surface area (Å²) in [6, 6.07) is 61.5. The van der Waals surface area contributed by atoms with Gasteiger partial charge in [0.1, 0.15) is 0 Å². The summed E-state index contributed by atoms with van der Waals surface area (Å²) < 4.78 is 0. The molecular weight excluding hydrogens is 542 g/mol. The van der Waals surface area contributed by atoms with E-state index in [9.17, 15) is 0 Å². The lowest BCUT2D eigenvalue weighted by Crippen LogP contribution is -2.14. The summed E-state index contributed by atoms with van der Waals surface area (Å²) in [4.78, 5) is 2.44. The van der Waals surface area contributed by atoms with Crippen LogP contribution in [0.1, 0.15) is 26.3 Å². The summed E-state index contributed by atoms with van der Waals surface area (Å²) in [5, 5.41) is 2.49. The van der Waals surface area contributed by atoms with Gasteiger partial charge in [-0.3, -0.25) is 0 Å². The topological polar surface area (TPSA) is 3.24 Å². The number of rotatable bonds is 6. The first kappa shape index (κ1) is 28.4. The van der Waals surface area contributed by atoms with Crippen molar-refractivity contribution in [1.82, 2.24) is 0 Å². The number of benzene rings is 7. The van der Waals surface area contributed by atoms with Gasteiger partial charge in [-0.05, 0) is 68.3 Å². The second-order valence-electron chi connectivity index (χ2n) is 12.6. The fraction of sp³-hybridized carbons (Fsp3) is 0.0909. The van der Waals surface area contributed by atoms with Crippen molar-refractivity contribution in [3.63, 3.8) is 0 Å². The third kappa shape index (κ3) is 5.54. The van der Waals surface area contributed by atoms with Crippen LogP contribution in [0.25, 0.3) is 44.2 Å². The molecule has 0 aliphatic rings. The Kier molecular flexibility index (Phi) is 7.53. The van der Waals surface area contributed by atoms with E-state index in [2.05, 4.69) is 196 Å². The van der Waals surface area contributed by atoms with E-state index in [1.165, 1.54) is 49.7 Å². The molecule has 0 N–H and O–H groups in total. The molecule has 0 aliphatic heterocycles. The molecule has 0 amide bonds. The Morgan fingerprint density at radius 1 is 0.378 bits per heavy atom. The molecular formula is C44H37N. The third-order valence-electron chi connectivity index (χ3n) is 8.65. The molecule has 7 aromatic carbocycles. The Bertz CT molecular complexity index is 2060. The summed E-state index contributed by atoms with van der Waals surface area (Å²) in [7, 11) is 0. The number of para-hydroxylation sites is 2. The van der Waals surface area contributed by atoms with Crippen LogP contribution >= 0.6 is 0 Å². The highest BCUT2D eigenvalue weighted by Crippen LogP contribution is 2.47. The number of nitrogens with zero attached hydrogens (tertiary/aromatic N) is 1. The molecule has 0 fully saturated rings. The first-order chi connectivity index (χ1) is 22.0. The maximum absolute atomic E-state index is 2.44. The van der Waals surface area contributed by atoms with E-state index in [0.29, 0.717) is 0 Å². The Morgan fingerprint density at radius 2 is 0.844 bits per heavy atom. The predicted molar refractivity (Wildman–Crippen MR) is 194 cm³/mol. The average Bonchev–Trinajstić information content (AvgIpc) is 3.09. The minimum atomic E-state index is 0.0695. The SMILES string of the molecule is CC(C)(C)c1ccc(N(c2ccccc2-c2ccccc2)c2ccccc2-c2cccc3cccc(-c4ccccc4)c23)cc1. The van der Waals surface area contributed by atoms with Crippen LogP contribution < -0.4 is 4.90 Å². The average molecular weight is 580 g/mol. The molecule has 0 unspecified atom stereocenters. The van der Waals surface area contributed by atoms with Gasteiger partial charge in [0.15, 0.2) is 0 Å². The van der Waals surface area contributed by atoms with Crippen LogP contribution in [0.15, 0.2) is 170 Å². The standard InChI is InChI=1S/C44H37N/c1-44(2,3)35-28-30-36(31-29-35)45(41-26-12-10-22-37(41)32-16-6-4-7-17-32)42-27-13-11-23-39(42)40-25-15-21-34-20-14-24-38(43(34)40)33-18-8-5-9-19-33/h4-31H,1-3H3. The number of fused-ring (bicyclic) bond motifs is 1. The van der Waals surface area contributed by atoms with E-state index in [1.807, 2.05) is 0 Å². The van der Waals surface area contributed by atoms with Crippen LogP contribution in [0.4, 0.5) is 17.1 Å². The van der Waals surface area contributed by atoms with E-state index < -0.39 is 0 Å². The van der Waals surface area contributed by atoms with Crippen molar-refractivity contribution in [2.75, 3.05) is 4.90 Å². The van der Waals surface area contributed by atoms with E-state index in [4.69, 9.17) is 0 Å². The summed E-state index contributed by atoms with van der Waals surface area (Å²) in [6.45, 7) is 6.81. The van der Waals surface area contributed by atoms with Crippen LogP contribution in [0.2, 0.25) is 0 Å². The van der Waals surface area contributed by atoms with Gasteiger partial charge < -0.3 is 4.90 Å². The lowest BCUT2D eigenvalue weighted by Gasteiger charge is -2.31. The smallest absolute Gasteiger partial charge is 0.0540 e. The fourth-order valence-corrected chi connectivity index (χ4v) is 6.37. The zero-order chi connectivity index (χ0) is 30.8. The maximum Gasteiger partial charge on any atom is 0.0540 e. The van der Waals surface area contributed by atoms with Crippen molar-refractivity contribution in [3.8, 4) is 33.4 Å². The second kappa shape index (κ2) is 11.9. The highest BCUT2D eigenvalue weighted by atomic mass is 15.1. The summed E-state index contributed by atoms with van der Waals surface area (Å²) in [6.07, 6.45) is 0. The zero-order valence-corrected chi connectivity index (χ0v) is 26.1. The molecule has 0 aliphatic carbocycles. The minimum absolute atomic E-state index is 0.0695. The lowest BCUT2D eigenvalue weighted by molar-refractivity contribution is 0.590. The highest BCUT2D eigenvalue weighted by molar-refractivity contribution is 6.09. The molecule has 1 nitrogen and oxygen atoms in total. The summed E-state index contributed by atoms with van der Waals surface area (Å²) in [5.74, 6) is 0. The van der Waals surface area contributed by atoms with Gasteiger partial charge in [-0.2, -0.15) is 0 Å². The van der Waals surface area contributed by atoms with E-state index >= 15 is 0 Å². The van der Waals surface area contributed by atoms with Crippen LogP contribution in [0.3, 0.4) is 0 Å². The van der Waals surface area contributed by atoms with Crippen molar-refractivity contribution < 1.29 is 0 Å². The number of hydrogen-bond acceptors (Lipinski definition) is 1. The lowest BCUT2D eigenvalue weighted by atomic mass is 9.87. The molecule has 0 radical (unpaired) electrons. The summed E-state index contributed by atoms with van der Waals surface area (Å²) in [5.41, 5.74) is 12.0. The molecule has 1 heteroatoms. The monoisotopic (exact) mass is 579 g/mol. The molecule has 45 heavy (non-hydrogen) atoms. The van der Waals surface area contributed by atoms with Crippen LogP contribution in [0, 0.1) is 0 Å². The first-order valence-corrected chi connectivity index (χ1v) is 15.7. The van der Waals surface area contributed by atoms with Crippen LogP contribution in [-0.2, 0) is 5.41 Å². The summed E-state index contributed by atoms with van der Waals surface area (Å²) >= 11 is 0.